The van der Waals surface area contributed by atoms with Crippen molar-refractivity contribution < 1.29 is 19.0 Å². The van der Waals surface area contributed by atoms with Gasteiger partial charge in [-0.3, -0.25) is 9.78 Å². The summed E-state index contributed by atoms with van der Waals surface area (Å²) in [7, 11) is 0. The van der Waals surface area contributed by atoms with Crippen LogP contribution < -0.4 is 10.6 Å². The number of rotatable bonds is 4. The quantitative estimate of drug-likeness (QED) is 0.766. The summed E-state index contributed by atoms with van der Waals surface area (Å²) in [5.41, 5.74) is 0.0894. The largest absolute Gasteiger partial charge is 0.395 e. The number of benzene rings is 1. The number of amides is 1. The summed E-state index contributed by atoms with van der Waals surface area (Å²) in [6, 6.07) is 6.96. The molecule has 2 heterocycles. The highest BCUT2D eigenvalue weighted by Crippen LogP contribution is 2.29. The number of aliphatic hydroxyl groups is 1. The van der Waals surface area contributed by atoms with Crippen LogP contribution >= 0.6 is 0 Å². The van der Waals surface area contributed by atoms with Gasteiger partial charge < -0.3 is 20.5 Å². The first kappa shape index (κ1) is 18.7. The van der Waals surface area contributed by atoms with Crippen molar-refractivity contribution in [1.29, 1.82) is 0 Å². The summed E-state index contributed by atoms with van der Waals surface area (Å²) < 4.78 is 19.9. The molecule has 0 unspecified atom stereocenters. The van der Waals surface area contributed by atoms with Crippen LogP contribution in [-0.2, 0) is 15.1 Å². The molecule has 6 nitrogen and oxygen atoms in total. The standard InChI is InChI=1S/C19H24FN3O3/c1-11-16(20)13-6-4-5-7-14(13)17(22-11)19(2,3)23-18(25)15-8-21-12(9-24)10-26-15/h4-7,12,15,21,24H,8-10H2,1-3H3,(H,23,25)/t12-,15+/m1/s1. The molecule has 1 fully saturated rings. The van der Waals surface area contributed by atoms with Gasteiger partial charge in [-0.1, -0.05) is 24.3 Å². The molecular weight excluding hydrogens is 337 g/mol. The van der Waals surface area contributed by atoms with Crippen LogP contribution in [-0.4, -0.2) is 47.9 Å². The molecule has 1 aromatic carbocycles. The summed E-state index contributed by atoms with van der Waals surface area (Å²) in [5, 5.41) is 16.3. The molecule has 2 aromatic rings. The van der Waals surface area contributed by atoms with Gasteiger partial charge in [-0.15, -0.1) is 0 Å². The number of morpholine rings is 1. The van der Waals surface area contributed by atoms with Gasteiger partial charge in [0, 0.05) is 17.3 Å². The lowest BCUT2D eigenvalue weighted by Gasteiger charge is -2.33. The van der Waals surface area contributed by atoms with Crippen molar-refractivity contribution in [3.8, 4) is 0 Å². The summed E-state index contributed by atoms with van der Waals surface area (Å²) >= 11 is 0. The molecule has 0 bridgehead atoms. The number of hydrogen-bond acceptors (Lipinski definition) is 5. The predicted octanol–water partition coefficient (Wildman–Crippen LogP) is 1.38. The maximum absolute atomic E-state index is 14.4. The van der Waals surface area contributed by atoms with Gasteiger partial charge in [0.15, 0.2) is 5.82 Å². The molecule has 3 N–H and O–H groups in total. The molecule has 1 amide bonds. The SMILES string of the molecule is Cc1nc(C(C)(C)NC(=O)[C@@H]2CN[C@H](CO)CO2)c2ccccc2c1F. The van der Waals surface area contributed by atoms with E-state index in [0.29, 0.717) is 28.7 Å². The van der Waals surface area contributed by atoms with E-state index in [1.54, 1.807) is 25.1 Å². The summed E-state index contributed by atoms with van der Waals surface area (Å²) in [6.07, 6.45) is -0.648. The third kappa shape index (κ3) is 3.56. The lowest BCUT2D eigenvalue weighted by molar-refractivity contribution is -0.137. The Morgan fingerprint density at radius 2 is 2.12 bits per heavy atom. The topological polar surface area (TPSA) is 83.5 Å². The average Bonchev–Trinajstić information content (AvgIpc) is 2.64. The van der Waals surface area contributed by atoms with Gasteiger partial charge in [-0.05, 0) is 20.8 Å². The molecule has 1 aromatic heterocycles. The second-order valence-corrected chi connectivity index (χ2v) is 7.13. The Labute approximate surface area is 151 Å². The molecule has 1 aliphatic rings. The zero-order chi connectivity index (χ0) is 18.9. The van der Waals surface area contributed by atoms with Crippen LogP contribution in [0.4, 0.5) is 4.39 Å². The van der Waals surface area contributed by atoms with E-state index in [9.17, 15) is 9.18 Å². The second-order valence-electron chi connectivity index (χ2n) is 7.13. The normalized spacial score (nSPS) is 21.0. The van der Waals surface area contributed by atoms with E-state index in [1.807, 2.05) is 19.9 Å². The molecule has 26 heavy (non-hydrogen) atoms. The number of aryl methyl sites for hydroxylation is 1. The first-order chi connectivity index (χ1) is 12.3. The molecule has 3 rings (SSSR count). The number of nitrogens with one attached hydrogen (secondary N) is 2. The maximum atomic E-state index is 14.4. The highest BCUT2D eigenvalue weighted by molar-refractivity contribution is 5.88. The van der Waals surface area contributed by atoms with Gasteiger partial charge in [0.25, 0.3) is 5.91 Å². The number of fused-ring (bicyclic) bond motifs is 1. The van der Waals surface area contributed by atoms with Crippen LogP contribution in [0.15, 0.2) is 24.3 Å². The molecule has 140 valence electrons. The van der Waals surface area contributed by atoms with E-state index in [0.717, 1.165) is 0 Å². The summed E-state index contributed by atoms with van der Waals surface area (Å²) in [6.45, 7) is 5.85. The van der Waals surface area contributed by atoms with Crippen molar-refractivity contribution >= 4 is 16.7 Å². The molecule has 1 aliphatic heterocycles. The highest BCUT2D eigenvalue weighted by atomic mass is 19.1. The van der Waals surface area contributed by atoms with Crippen molar-refractivity contribution in [2.45, 2.75) is 38.5 Å². The van der Waals surface area contributed by atoms with Crippen LogP contribution in [0, 0.1) is 12.7 Å². The van der Waals surface area contributed by atoms with Gasteiger partial charge in [-0.25, -0.2) is 4.39 Å². The fourth-order valence-electron chi connectivity index (χ4n) is 3.19. The minimum Gasteiger partial charge on any atom is -0.395 e. The third-order valence-corrected chi connectivity index (χ3v) is 4.65. The number of aromatic nitrogens is 1. The van der Waals surface area contributed by atoms with Crippen LogP contribution in [0.5, 0.6) is 0 Å². The van der Waals surface area contributed by atoms with Crippen molar-refractivity contribution in [2.24, 2.45) is 0 Å². The fourth-order valence-corrected chi connectivity index (χ4v) is 3.19. The van der Waals surface area contributed by atoms with Crippen LogP contribution in [0.3, 0.4) is 0 Å². The Kier molecular flexibility index (Phi) is 5.22. The molecule has 0 radical (unpaired) electrons. The van der Waals surface area contributed by atoms with Crippen LogP contribution in [0.2, 0.25) is 0 Å². The van der Waals surface area contributed by atoms with Gasteiger partial charge >= 0.3 is 0 Å². The number of aliphatic hydroxyl groups excluding tert-OH is 1. The fraction of sp³-hybridized carbons (Fsp3) is 0.474. The van der Waals surface area contributed by atoms with E-state index in [2.05, 4.69) is 15.6 Å². The lowest BCUT2D eigenvalue weighted by Crippen LogP contribution is -2.56. The number of pyridine rings is 1. The van der Waals surface area contributed by atoms with E-state index in [4.69, 9.17) is 9.84 Å². The monoisotopic (exact) mass is 361 g/mol. The molecule has 7 heteroatoms. The van der Waals surface area contributed by atoms with Crippen molar-refractivity contribution in [1.82, 2.24) is 15.6 Å². The van der Waals surface area contributed by atoms with Crippen LogP contribution in [0.1, 0.15) is 25.2 Å². The smallest absolute Gasteiger partial charge is 0.251 e. The number of nitrogens with zero attached hydrogens (tertiary/aromatic N) is 1. The zero-order valence-corrected chi connectivity index (χ0v) is 15.2. The molecule has 0 spiro atoms. The minimum absolute atomic E-state index is 0.0371. The first-order valence-electron chi connectivity index (χ1n) is 8.66. The van der Waals surface area contributed by atoms with E-state index in [-0.39, 0.29) is 31.0 Å². The van der Waals surface area contributed by atoms with Gasteiger partial charge in [0.05, 0.1) is 36.2 Å². The zero-order valence-electron chi connectivity index (χ0n) is 15.2. The third-order valence-electron chi connectivity index (χ3n) is 4.65. The Bertz CT molecular complexity index is 817. The van der Waals surface area contributed by atoms with Crippen molar-refractivity contribution in [3.63, 3.8) is 0 Å². The number of halogens is 1. The summed E-state index contributed by atoms with van der Waals surface area (Å²) in [4.78, 5) is 17.0. The predicted molar refractivity (Wildman–Crippen MR) is 96.2 cm³/mol. The van der Waals surface area contributed by atoms with Crippen molar-refractivity contribution in [3.05, 3.63) is 41.5 Å². The summed E-state index contributed by atoms with van der Waals surface area (Å²) in [5.74, 6) is -0.618. The highest BCUT2D eigenvalue weighted by Gasteiger charge is 2.33. The molecule has 0 aliphatic carbocycles. The minimum atomic E-state index is -0.813. The Morgan fingerprint density at radius 1 is 1.42 bits per heavy atom. The van der Waals surface area contributed by atoms with Gasteiger partial charge in [0.2, 0.25) is 0 Å². The number of carbonyl (C=O) groups excluding carboxylic acids is 1. The lowest BCUT2D eigenvalue weighted by atomic mass is 9.93. The molecule has 1 saturated heterocycles. The molecule has 2 atom stereocenters. The molecule has 0 saturated carbocycles. The number of carbonyl (C=O) groups is 1. The van der Waals surface area contributed by atoms with Gasteiger partial charge in [-0.2, -0.15) is 0 Å². The average molecular weight is 361 g/mol. The molecular formula is C19H24FN3O3. The van der Waals surface area contributed by atoms with E-state index >= 15 is 0 Å². The first-order valence-corrected chi connectivity index (χ1v) is 8.66. The maximum Gasteiger partial charge on any atom is 0.251 e. The number of ether oxygens (including phenoxy) is 1. The van der Waals surface area contributed by atoms with Gasteiger partial charge in [0.1, 0.15) is 6.10 Å². The Hall–Kier alpha value is -2.09. The Balaban J connectivity index is 1.86. The van der Waals surface area contributed by atoms with E-state index < -0.39 is 11.6 Å². The number of hydrogen-bond donors (Lipinski definition) is 3. The van der Waals surface area contributed by atoms with Crippen LogP contribution in [0.25, 0.3) is 10.8 Å². The second kappa shape index (κ2) is 7.26. The van der Waals surface area contributed by atoms with Crippen molar-refractivity contribution in [2.75, 3.05) is 19.8 Å². The Morgan fingerprint density at radius 3 is 2.73 bits per heavy atom. The van der Waals surface area contributed by atoms with E-state index in [1.165, 1.54) is 0 Å².